The summed E-state index contributed by atoms with van der Waals surface area (Å²) >= 11 is 1.22. The molecule has 0 radical (unpaired) electrons. The molecular formula is C23H24N4O2S. The molecule has 2 bridgehead atoms. The minimum Gasteiger partial charge on any atom is -0.497 e. The predicted octanol–water partition coefficient (Wildman–Crippen LogP) is 3.92. The van der Waals surface area contributed by atoms with E-state index in [2.05, 4.69) is 43.8 Å². The first-order chi connectivity index (χ1) is 14.7. The van der Waals surface area contributed by atoms with Crippen LogP contribution in [0.15, 0.2) is 54.6 Å². The fourth-order valence-electron chi connectivity index (χ4n) is 4.73. The van der Waals surface area contributed by atoms with Crippen molar-refractivity contribution in [1.82, 2.24) is 14.3 Å². The minimum absolute atomic E-state index is 0.0844. The topological polar surface area (TPSA) is 67.3 Å². The van der Waals surface area contributed by atoms with Crippen molar-refractivity contribution < 1.29 is 9.53 Å². The van der Waals surface area contributed by atoms with Crippen LogP contribution in [-0.2, 0) is 11.3 Å². The first kappa shape index (κ1) is 19.2. The molecule has 154 valence electrons. The first-order valence-electron chi connectivity index (χ1n) is 10.2. The van der Waals surface area contributed by atoms with Crippen molar-refractivity contribution in [2.24, 2.45) is 17.8 Å². The Morgan fingerprint density at radius 2 is 1.97 bits per heavy atom. The van der Waals surface area contributed by atoms with Gasteiger partial charge < -0.3 is 10.1 Å². The molecule has 7 heteroatoms. The van der Waals surface area contributed by atoms with Gasteiger partial charge in [-0.2, -0.15) is 9.36 Å². The second-order valence-corrected chi connectivity index (χ2v) is 8.86. The average molecular weight is 421 g/mol. The van der Waals surface area contributed by atoms with Crippen LogP contribution in [0, 0.1) is 17.8 Å². The van der Waals surface area contributed by atoms with Crippen molar-refractivity contribution in [3.05, 3.63) is 60.2 Å². The van der Waals surface area contributed by atoms with Gasteiger partial charge in [0.15, 0.2) is 5.82 Å². The van der Waals surface area contributed by atoms with E-state index in [1.807, 2.05) is 30.3 Å². The number of hydrogen-bond donors (Lipinski definition) is 1. The maximum Gasteiger partial charge on any atom is 0.229 e. The van der Waals surface area contributed by atoms with Crippen LogP contribution in [0.3, 0.4) is 0 Å². The molecule has 3 fully saturated rings. The molecule has 2 aromatic carbocycles. The van der Waals surface area contributed by atoms with E-state index < -0.39 is 0 Å². The Hall–Kier alpha value is -2.77. The molecule has 0 spiro atoms. The van der Waals surface area contributed by atoms with Gasteiger partial charge in [0.2, 0.25) is 11.0 Å². The van der Waals surface area contributed by atoms with Crippen LogP contribution in [0.4, 0.5) is 5.13 Å². The van der Waals surface area contributed by atoms with Crippen LogP contribution in [-0.4, -0.2) is 40.4 Å². The molecule has 1 amide bonds. The fourth-order valence-corrected chi connectivity index (χ4v) is 5.32. The van der Waals surface area contributed by atoms with Gasteiger partial charge in [0, 0.05) is 42.6 Å². The maximum atomic E-state index is 12.9. The van der Waals surface area contributed by atoms with Gasteiger partial charge in [-0.1, -0.05) is 42.5 Å². The van der Waals surface area contributed by atoms with Crippen LogP contribution in [0.25, 0.3) is 11.4 Å². The largest absolute Gasteiger partial charge is 0.497 e. The van der Waals surface area contributed by atoms with Crippen molar-refractivity contribution in [3.63, 3.8) is 0 Å². The lowest BCUT2D eigenvalue weighted by molar-refractivity contribution is -0.136. The van der Waals surface area contributed by atoms with E-state index in [1.165, 1.54) is 17.1 Å². The number of amides is 1. The van der Waals surface area contributed by atoms with E-state index in [4.69, 9.17) is 4.74 Å². The lowest BCUT2D eigenvalue weighted by Crippen LogP contribution is -2.58. The molecule has 2 atom stereocenters. The Bertz CT molecular complexity index is 1030. The second kappa shape index (κ2) is 8.16. The maximum absolute atomic E-state index is 12.9. The molecule has 3 aromatic rings. The zero-order valence-electron chi connectivity index (χ0n) is 16.8. The molecule has 30 heavy (non-hydrogen) atoms. The minimum atomic E-state index is 0.0844. The molecule has 3 aliphatic rings. The quantitative estimate of drug-likeness (QED) is 0.655. The van der Waals surface area contributed by atoms with E-state index in [0.717, 1.165) is 37.4 Å². The second-order valence-electron chi connectivity index (χ2n) is 8.11. The lowest BCUT2D eigenvalue weighted by Gasteiger charge is -2.52. The van der Waals surface area contributed by atoms with Gasteiger partial charge in [-0.3, -0.25) is 9.69 Å². The Balaban J connectivity index is 1.20. The van der Waals surface area contributed by atoms with Crippen molar-refractivity contribution in [2.45, 2.75) is 13.0 Å². The number of methoxy groups -OCH3 is 1. The van der Waals surface area contributed by atoms with Gasteiger partial charge in [0.05, 0.1) is 7.11 Å². The standard InChI is InChI=1S/C23H24N4O2S/c1-29-19-9-5-8-16(11-19)21-24-23(30-26-21)25-22(28)20-17-10-18(20)14-27(13-17)12-15-6-3-2-4-7-15/h2-9,11,17-18,20H,10,12-14H2,1H3,(H,24,25,26,28). The summed E-state index contributed by atoms with van der Waals surface area (Å²) < 4.78 is 9.67. The van der Waals surface area contributed by atoms with Gasteiger partial charge >= 0.3 is 0 Å². The number of rotatable bonds is 6. The number of nitrogens with one attached hydrogen (secondary N) is 1. The van der Waals surface area contributed by atoms with Crippen LogP contribution in [0.2, 0.25) is 0 Å². The highest BCUT2D eigenvalue weighted by Crippen LogP contribution is 2.46. The molecule has 1 N–H and O–H groups in total. The monoisotopic (exact) mass is 420 g/mol. The number of carbonyl (C=O) groups is 1. The molecule has 2 saturated heterocycles. The van der Waals surface area contributed by atoms with Crippen molar-refractivity contribution in [3.8, 4) is 17.1 Å². The summed E-state index contributed by atoms with van der Waals surface area (Å²) in [4.78, 5) is 19.9. The average Bonchev–Trinajstić information content (AvgIpc) is 3.23. The molecule has 1 saturated carbocycles. The molecular weight excluding hydrogens is 396 g/mol. The number of benzene rings is 2. The van der Waals surface area contributed by atoms with E-state index in [9.17, 15) is 4.79 Å². The third-order valence-corrected chi connectivity index (χ3v) is 6.77. The molecule has 6 nitrogen and oxygen atoms in total. The summed E-state index contributed by atoms with van der Waals surface area (Å²) in [7, 11) is 1.63. The summed E-state index contributed by atoms with van der Waals surface area (Å²) in [5, 5.41) is 3.57. The van der Waals surface area contributed by atoms with Crippen molar-refractivity contribution >= 4 is 22.6 Å². The molecule has 1 aliphatic carbocycles. The van der Waals surface area contributed by atoms with Crippen molar-refractivity contribution in [1.29, 1.82) is 0 Å². The first-order valence-corrected chi connectivity index (χ1v) is 11.0. The Morgan fingerprint density at radius 3 is 2.73 bits per heavy atom. The van der Waals surface area contributed by atoms with Crippen molar-refractivity contribution in [2.75, 3.05) is 25.5 Å². The molecule has 1 aromatic heterocycles. The Labute approximate surface area is 180 Å². The van der Waals surface area contributed by atoms with E-state index in [-0.39, 0.29) is 11.8 Å². The number of piperidine rings is 2. The van der Waals surface area contributed by atoms with Crippen LogP contribution in [0.1, 0.15) is 12.0 Å². The predicted molar refractivity (Wildman–Crippen MR) is 117 cm³/mol. The number of hydrogen-bond acceptors (Lipinski definition) is 6. The number of carbonyl (C=O) groups excluding carboxylic acids is 1. The van der Waals surface area contributed by atoms with Crippen LogP contribution < -0.4 is 10.1 Å². The highest BCUT2D eigenvalue weighted by Gasteiger charge is 2.50. The summed E-state index contributed by atoms with van der Waals surface area (Å²) in [6, 6.07) is 18.2. The zero-order valence-corrected chi connectivity index (χ0v) is 17.6. The number of ether oxygens (including phenoxy) is 1. The summed E-state index contributed by atoms with van der Waals surface area (Å²) in [5.74, 6) is 2.40. The SMILES string of the molecule is COc1cccc(-c2nsc(NC(=O)C3C4CC3CN(Cc3ccccc3)C4)n2)c1. The van der Waals surface area contributed by atoms with Crippen LogP contribution in [0.5, 0.6) is 5.75 Å². The molecule has 2 aliphatic heterocycles. The summed E-state index contributed by atoms with van der Waals surface area (Å²) in [6.45, 7) is 2.92. The van der Waals surface area contributed by atoms with E-state index in [0.29, 0.717) is 22.8 Å². The summed E-state index contributed by atoms with van der Waals surface area (Å²) in [6.07, 6.45) is 1.15. The number of fused-ring (bicyclic) bond motifs is 2. The lowest BCUT2D eigenvalue weighted by atomic mass is 9.61. The van der Waals surface area contributed by atoms with Gasteiger partial charge in [-0.15, -0.1) is 0 Å². The molecule has 3 heterocycles. The highest BCUT2D eigenvalue weighted by atomic mass is 32.1. The van der Waals surface area contributed by atoms with Gasteiger partial charge in [-0.05, 0) is 36.0 Å². The molecule has 2 unspecified atom stereocenters. The number of nitrogens with zero attached hydrogens (tertiary/aromatic N) is 3. The van der Waals surface area contributed by atoms with Gasteiger partial charge in [0.25, 0.3) is 0 Å². The number of aromatic nitrogens is 2. The van der Waals surface area contributed by atoms with E-state index in [1.54, 1.807) is 7.11 Å². The van der Waals surface area contributed by atoms with Crippen LogP contribution >= 0.6 is 11.5 Å². The number of anilines is 1. The van der Waals surface area contributed by atoms with Gasteiger partial charge in [-0.25, -0.2) is 0 Å². The van der Waals surface area contributed by atoms with Gasteiger partial charge in [0.1, 0.15) is 5.75 Å². The Morgan fingerprint density at radius 1 is 1.17 bits per heavy atom. The highest BCUT2D eigenvalue weighted by molar-refractivity contribution is 7.10. The zero-order chi connectivity index (χ0) is 20.5. The third kappa shape index (κ3) is 3.82. The fraction of sp³-hybridized carbons (Fsp3) is 0.348. The Kier molecular flexibility index (Phi) is 5.23. The third-order valence-electron chi connectivity index (χ3n) is 6.14. The normalized spacial score (nSPS) is 22.9. The smallest absolute Gasteiger partial charge is 0.229 e. The van der Waals surface area contributed by atoms with E-state index >= 15 is 0 Å². The summed E-state index contributed by atoms with van der Waals surface area (Å²) in [5.41, 5.74) is 2.21. The molecule has 6 rings (SSSR count).